The van der Waals surface area contributed by atoms with Crippen molar-refractivity contribution in [2.45, 2.75) is 32.1 Å². The van der Waals surface area contributed by atoms with Gasteiger partial charge in [0, 0.05) is 44.1 Å². The maximum atomic E-state index is 13.5. The molecule has 146 valence electrons. The van der Waals surface area contributed by atoms with Crippen molar-refractivity contribution >= 4 is 17.5 Å². The Morgan fingerprint density at radius 1 is 1.14 bits per heavy atom. The molecule has 4 rings (SSSR count). The third-order valence-electron chi connectivity index (χ3n) is 5.91. The predicted octanol–water partition coefficient (Wildman–Crippen LogP) is 3.29. The Labute approximate surface area is 164 Å². The maximum absolute atomic E-state index is 13.5. The van der Waals surface area contributed by atoms with Crippen molar-refractivity contribution in [1.29, 1.82) is 0 Å². The van der Waals surface area contributed by atoms with Crippen LogP contribution in [0.25, 0.3) is 0 Å². The fourth-order valence-electron chi connectivity index (χ4n) is 4.25. The second-order valence-corrected chi connectivity index (χ2v) is 7.72. The van der Waals surface area contributed by atoms with Gasteiger partial charge in [-0.1, -0.05) is 0 Å². The van der Waals surface area contributed by atoms with Crippen LogP contribution in [0.4, 0.5) is 10.1 Å². The zero-order valence-electron chi connectivity index (χ0n) is 16.0. The Morgan fingerprint density at radius 2 is 1.86 bits per heavy atom. The Hall–Kier alpha value is -2.76. The molecule has 1 aromatic carbocycles. The Kier molecular flexibility index (Phi) is 5.11. The van der Waals surface area contributed by atoms with E-state index in [1.165, 1.54) is 11.6 Å². The van der Waals surface area contributed by atoms with E-state index in [-0.39, 0.29) is 30.0 Å². The van der Waals surface area contributed by atoms with Gasteiger partial charge in [-0.2, -0.15) is 0 Å². The zero-order valence-corrected chi connectivity index (χ0v) is 16.0. The minimum absolute atomic E-state index is 0.0582. The van der Waals surface area contributed by atoms with E-state index in [0.29, 0.717) is 36.8 Å². The van der Waals surface area contributed by atoms with E-state index in [1.807, 2.05) is 29.4 Å². The number of aryl methyl sites for hydroxylation is 1. The molecular weight excluding hydrogens is 357 g/mol. The van der Waals surface area contributed by atoms with Crippen LogP contribution in [-0.2, 0) is 9.59 Å². The zero-order chi connectivity index (χ0) is 19.7. The number of carbonyl (C=O) groups is 2. The van der Waals surface area contributed by atoms with Crippen LogP contribution in [0.15, 0.2) is 42.7 Å². The SMILES string of the molecule is Cc1cc(N2CC(C(=O)N3CCC(c4ccncc4)CC3)CC2=O)ccc1F. The van der Waals surface area contributed by atoms with Crippen molar-refractivity contribution in [2.24, 2.45) is 5.92 Å². The molecule has 2 fully saturated rings. The van der Waals surface area contributed by atoms with E-state index < -0.39 is 0 Å². The summed E-state index contributed by atoms with van der Waals surface area (Å²) < 4.78 is 13.5. The largest absolute Gasteiger partial charge is 0.342 e. The van der Waals surface area contributed by atoms with Gasteiger partial charge in [-0.3, -0.25) is 14.6 Å². The van der Waals surface area contributed by atoms with Crippen LogP contribution in [-0.4, -0.2) is 41.3 Å². The van der Waals surface area contributed by atoms with Crippen molar-refractivity contribution in [3.05, 3.63) is 59.7 Å². The number of aromatic nitrogens is 1. The molecule has 1 unspecified atom stereocenters. The number of hydrogen-bond donors (Lipinski definition) is 0. The summed E-state index contributed by atoms with van der Waals surface area (Å²) in [7, 11) is 0. The minimum Gasteiger partial charge on any atom is -0.342 e. The molecule has 6 heteroatoms. The van der Waals surface area contributed by atoms with E-state index >= 15 is 0 Å². The first-order valence-electron chi connectivity index (χ1n) is 9.78. The van der Waals surface area contributed by atoms with Gasteiger partial charge in [0.1, 0.15) is 5.82 Å². The molecule has 1 atom stereocenters. The first-order chi connectivity index (χ1) is 13.5. The van der Waals surface area contributed by atoms with E-state index in [1.54, 1.807) is 24.0 Å². The molecule has 0 bridgehead atoms. The number of benzene rings is 1. The summed E-state index contributed by atoms with van der Waals surface area (Å²) in [5.41, 5.74) is 2.44. The molecule has 3 heterocycles. The third kappa shape index (κ3) is 3.63. The van der Waals surface area contributed by atoms with Crippen LogP contribution < -0.4 is 4.90 Å². The van der Waals surface area contributed by atoms with Crippen LogP contribution in [0.3, 0.4) is 0 Å². The summed E-state index contributed by atoms with van der Waals surface area (Å²) in [5, 5.41) is 0. The number of pyridine rings is 1. The van der Waals surface area contributed by atoms with Gasteiger partial charge < -0.3 is 9.80 Å². The van der Waals surface area contributed by atoms with Crippen LogP contribution in [0, 0.1) is 18.7 Å². The van der Waals surface area contributed by atoms with E-state index in [4.69, 9.17) is 0 Å². The number of amides is 2. The summed E-state index contributed by atoms with van der Waals surface area (Å²) >= 11 is 0. The fraction of sp³-hybridized carbons (Fsp3) is 0.409. The lowest BCUT2D eigenvalue weighted by Crippen LogP contribution is -2.42. The molecule has 5 nitrogen and oxygen atoms in total. The van der Waals surface area contributed by atoms with Crippen molar-refractivity contribution in [3.8, 4) is 0 Å². The number of halogens is 1. The maximum Gasteiger partial charge on any atom is 0.228 e. The average molecular weight is 381 g/mol. The molecule has 28 heavy (non-hydrogen) atoms. The van der Waals surface area contributed by atoms with Crippen LogP contribution in [0.1, 0.15) is 36.3 Å². The number of anilines is 1. The number of nitrogens with zero attached hydrogens (tertiary/aromatic N) is 3. The predicted molar refractivity (Wildman–Crippen MR) is 104 cm³/mol. The first kappa shape index (κ1) is 18.6. The van der Waals surface area contributed by atoms with Gasteiger partial charge in [-0.05, 0) is 67.1 Å². The molecule has 0 saturated carbocycles. The van der Waals surface area contributed by atoms with Crippen molar-refractivity contribution in [1.82, 2.24) is 9.88 Å². The number of hydrogen-bond acceptors (Lipinski definition) is 3. The summed E-state index contributed by atoms with van der Waals surface area (Å²) in [6.07, 6.45) is 5.69. The Balaban J connectivity index is 1.38. The Morgan fingerprint density at radius 3 is 2.54 bits per heavy atom. The number of rotatable bonds is 3. The van der Waals surface area contributed by atoms with E-state index in [0.717, 1.165) is 12.8 Å². The highest BCUT2D eigenvalue weighted by Gasteiger charge is 2.38. The highest BCUT2D eigenvalue weighted by Crippen LogP contribution is 2.31. The van der Waals surface area contributed by atoms with Gasteiger partial charge >= 0.3 is 0 Å². The third-order valence-corrected chi connectivity index (χ3v) is 5.91. The van der Waals surface area contributed by atoms with Gasteiger partial charge in [0.2, 0.25) is 11.8 Å². The van der Waals surface area contributed by atoms with Gasteiger partial charge in [0.05, 0.1) is 5.92 Å². The number of carbonyl (C=O) groups excluding carboxylic acids is 2. The van der Waals surface area contributed by atoms with Crippen LogP contribution in [0.5, 0.6) is 0 Å². The van der Waals surface area contributed by atoms with Gasteiger partial charge in [0.25, 0.3) is 0 Å². The van der Waals surface area contributed by atoms with Crippen molar-refractivity contribution in [2.75, 3.05) is 24.5 Å². The minimum atomic E-state index is -0.324. The summed E-state index contributed by atoms with van der Waals surface area (Å²) in [4.78, 5) is 33.0. The van der Waals surface area contributed by atoms with Crippen molar-refractivity contribution in [3.63, 3.8) is 0 Å². The lowest BCUT2D eigenvalue weighted by molar-refractivity contribution is -0.136. The molecule has 2 aliphatic heterocycles. The second-order valence-electron chi connectivity index (χ2n) is 7.72. The van der Waals surface area contributed by atoms with Gasteiger partial charge in [-0.15, -0.1) is 0 Å². The highest BCUT2D eigenvalue weighted by atomic mass is 19.1. The quantitative estimate of drug-likeness (QED) is 0.820. The molecular formula is C22H24FN3O2. The van der Waals surface area contributed by atoms with Gasteiger partial charge in [-0.25, -0.2) is 4.39 Å². The smallest absolute Gasteiger partial charge is 0.228 e. The first-order valence-corrected chi connectivity index (χ1v) is 9.78. The number of piperidine rings is 1. The lowest BCUT2D eigenvalue weighted by Gasteiger charge is -2.33. The van der Waals surface area contributed by atoms with E-state index in [2.05, 4.69) is 4.98 Å². The normalized spacial score (nSPS) is 20.6. The standard InChI is InChI=1S/C22H24FN3O2/c1-15-12-19(2-3-20(15)23)26-14-18(13-21(26)27)22(28)25-10-6-17(7-11-25)16-4-8-24-9-5-16/h2-5,8-9,12,17-18H,6-7,10-11,13-14H2,1H3. The van der Waals surface area contributed by atoms with Gasteiger partial charge in [0.15, 0.2) is 0 Å². The molecule has 0 radical (unpaired) electrons. The highest BCUT2D eigenvalue weighted by molar-refractivity contribution is 6.00. The second kappa shape index (κ2) is 7.70. The molecule has 2 aliphatic rings. The summed E-state index contributed by atoms with van der Waals surface area (Å²) in [6.45, 7) is 3.47. The Bertz CT molecular complexity index is 879. The average Bonchev–Trinajstić information content (AvgIpc) is 3.12. The molecule has 2 amide bonds. The monoisotopic (exact) mass is 381 g/mol. The summed E-state index contributed by atoms with van der Waals surface area (Å²) in [5.74, 6) is -0.176. The lowest BCUT2D eigenvalue weighted by atomic mass is 9.89. The molecule has 0 spiro atoms. The molecule has 0 aliphatic carbocycles. The number of likely N-dealkylation sites (tertiary alicyclic amines) is 1. The molecule has 2 saturated heterocycles. The van der Waals surface area contributed by atoms with Crippen LogP contribution >= 0.6 is 0 Å². The summed E-state index contributed by atoms with van der Waals surface area (Å²) in [6, 6.07) is 8.73. The van der Waals surface area contributed by atoms with Crippen LogP contribution in [0.2, 0.25) is 0 Å². The molecule has 1 aromatic heterocycles. The molecule has 2 aromatic rings. The van der Waals surface area contributed by atoms with Crippen molar-refractivity contribution < 1.29 is 14.0 Å². The molecule has 0 N–H and O–H groups in total. The van der Waals surface area contributed by atoms with E-state index in [9.17, 15) is 14.0 Å². The fourth-order valence-corrected chi connectivity index (χ4v) is 4.25. The topological polar surface area (TPSA) is 53.5 Å².